The van der Waals surface area contributed by atoms with E-state index in [0.717, 1.165) is 6.54 Å². The van der Waals surface area contributed by atoms with Gasteiger partial charge < -0.3 is 0 Å². The van der Waals surface area contributed by atoms with E-state index in [1.165, 1.54) is 12.0 Å². The van der Waals surface area contributed by atoms with Gasteiger partial charge in [0.25, 0.3) is 0 Å². The van der Waals surface area contributed by atoms with Gasteiger partial charge in [0, 0.05) is 18.6 Å². The van der Waals surface area contributed by atoms with Crippen LogP contribution in [0.15, 0.2) is 42.5 Å². The van der Waals surface area contributed by atoms with Crippen LogP contribution in [0.5, 0.6) is 0 Å². The Bertz CT molecular complexity index is 328. The highest BCUT2D eigenvalue weighted by atomic mass is 15.2. The first-order valence-corrected chi connectivity index (χ1v) is 5.73. The van der Waals surface area contributed by atoms with Crippen molar-refractivity contribution in [3.05, 3.63) is 48.0 Å². The molecule has 0 fully saturated rings. The van der Waals surface area contributed by atoms with E-state index in [0.29, 0.717) is 12.1 Å². The summed E-state index contributed by atoms with van der Waals surface area (Å²) in [5, 5.41) is 0. The summed E-state index contributed by atoms with van der Waals surface area (Å²) >= 11 is 0. The monoisotopic (exact) mass is 201 g/mol. The van der Waals surface area contributed by atoms with Gasteiger partial charge in [-0.15, -0.1) is 0 Å². The van der Waals surface area contributed by atoms with E-state index < -0.39 is 0 Å². The van der Waals surface area contributed by atoms with Crippen LogP contribution < -0.4 is 0 Å². The van der Waals surface area contributed by atoms with E-state index in [4.69, 9.17) is 0 Å². The molecule has 0 bridgehead atoms. The van der Waals surface area contributed by atoms with Crippen LogP contribution in [0, 0.1) is 0 Å². The molecule has 0 saturated heterocycles. The maximum absolute atomic E-state index is 2.55. The molecule has 0 N–H and O–H groups in total. The number of nitrogens with zero attached hydrogens (tertiary/aromatic N) is 1. The van der Waals surface area contributed by atoms with Crippen molar-refractivity contribution in [3.63, 3.8) is 0 Å². The van der Waals surface area contributed by atoms with Gasteiger partial charge in [0.1, 0.15) is 0 Å². The quantitative estimate of drug-likeness (QED) is 0.664. The smallest absolute Gasteiger partial charge is 0.0256 e. The van der Waals surface area contributed by atoms with Gasteiger partial charge in [-0.1, -0.05) is 42.5 Å². The van der Waals surface area contributed by atoms with E-state index in [1.807, 2.05) is 0 Å². The Labute approximate surface area is 92.4 Å². The van der Waals surface area contributed by atoms with Gasteiger partial charge in [-0.2, -0.15) is 0 Å². The van der Waals surface area contributed by atoms with Crippen LogP contribution >= 0.6 is 0 Å². The van der Waals surface area contributed by atoms with Crippen LogP contribution in [-0.2, 0) is 6.54 Å². The van der Waals surface area contributed by atoms with Crippen LogP contribution in [0.2, 0.25) is 0 Å². The van der Waals surface area contributed by atoms with Crippen LogP contribution in [0.4, 0.5) is 0 Å². The van der Waals surface area contributed by atoms with Gasteiger partial charge >= 0.3 is 0 Å². The fraction of sp³-hybridized carbons (Fsp3) is 0.429. The topological polar surface area (TPSA) is 3.24 Å². The number of hydrogen-bond acceptors (Lipinski definition) is 1. The molecule has 0 aromatic heterocycles. The minimum atomic E-state index is 0.564. The lowest BCUT2D eigenvalue weighted by atomic mass is 10.0. The Kier molecular flexibility index (Phi) is 3.22. The van der Waals surface area contributed by atoms with Crippen molar-refractivity contribution in [1.29, 1.82) is 0 Å². The first-order valence-electron chi connectivity index (χ1n) is 5.73. The molecular weight excluding hydrogens is 182 g/mol. The largest absolute Gasteiger partial charge is 0.290 e. The Morgan fingerprint density at radius 3 is 2.60 bits per heavy atom. The molecule has 15 heavy (non-hydrogen) atoms. The highest BCUT2D eigenvalue weighted by Gasteiger charge is 2.20. The van der Waals surface area contributed by atoms with Gasteiger partial charge in [0.15, 0.2) is 0 Å². The average molecular weight is 201 g/mol. The second-order valence-electron chi connectivity index (χ2n) is 4.41. The summed E-state index contributed by atoms with van der Waals surface area (Å²) < 4.78 is 0. The van der Waals surface area contributed by atoms with Crippen molar-refractivity contribution in [2.45, 2.75) is 38.9 Å². The third-order valence-corrected chi connectivity index (χ3v) is 3.19. The first kappa shape index (κ1) is 10.4. The molecule has 2 atom stereocenters. The van der Waals surface area contributed by atoms with Gasteiger partial charge in [0.2, 0.25) is 0 Å². The number of benzene rings is 1. The third-order valence-electron chi connectivity index (χ3n) is 3.19. The predicted molar refractivity (Wildman–Crippen MR) is 64.7 cm³/mol. The van der Waals surface area contributed by atoms with Crippen LogP contribution in [0.1, 0.15) is 25.8 Å². The fourth-order valence-electron chi connectivity index (χ4n) is 2.21. The van der Waals surface area contributed by atoms with Crippen molar-refractivity contribution in [2.75, 3.05) is 0 Å². The minimum absolute atomic E-state index is 0.564. The normalized spacial score (nSPS) is 26.8. The Hall–Kier alpha value is -1.08. The fourth-order valence-corrected chi connectivity index (χ4v) is 2.21. The minimum Gasteiger partial charge on any atom is -0.290 e. The van der Waals surface area contributed by atoms with Gasteiger partial charge in [0.05, 0.1) is 0 Å². The van der Waals surface area contributed by atoms with E-state index in [-0.39, 0.29) is 0 Å². The Morgan fingerprint density at radius 2 is 1.93 bits per heavy atom. The van der Waals surface area contributed by atoms with Crippen LogP contribution in [0.3, 0.4) is 0 Å². The first-order chi connectivity index (χ1) is 7.27. The predicted octanol–water partition coefficient (Wildman–Crippen LogP) is 3.23. The van der Waals surface area contributed by atoms with Crippen LogP contribution in [0.25, 0.3) is 0 Å². The molecule has 1 aliphatic heterocycles. The summed E-state index contributed by atoms with van der Waals surface area (Å²) in [6.45, 7) is 5.64. The summed E-state index contributed by atoms with van der Waals surface area (Å²) in [6, 6.07) is 11.9. The molecule has 1 aromatic rings. The van der Waals surface area contributed by atoms with E-state index >= 15 is 0 Å². The molecule has 0 amide bonds. The zero-order valence-electron chi connectivity index (χ0n) is 9.56. The molecule has 2 rings (SSSR count). The maximum atomic E-state index is 2.55. The lowest BCUT2D eigenvalue weighted by Gasteiger charge is -2.35. The molecule has 1 aliphatic rings. The van der Waals surface area contributed by atoms with Crippen molar-refractivity contribution in [1.82, 2.24) is 4.90 Å². The third kappa shape index (κ3) is 2.48. The van der Waals surface area contributed by atoms with E-state index in [9.17, 15) is 0 Å². The molecule has 1 heteroatoms. The SMILES string of the molecule is C[C@@H]1C=CC[C@H](C)N1Cc1ccccc1. The summed E-state index contributed by atoms with van der Waals surface area (Å²) in [6.07, 6.45) is 5.79. The second kappa shape index (κ2) is 4.63. The molecule has 1 aromatic carbocycles. The van der Waals surface area contributed by atoms with Crippen molar-refractivity contribution in [3.8, 4) is 0 Å². The van der Waals surface area contributed by atoms with Crippen molar-refractivity contribution < 1.29 is 0 Å². The van der Waals surface area contributed by atoms with Crippen molar-refractivity contribution >= 4 is 0 Å². The average Bonchev–Trinajstić information content (AvgIpc) is 2.25. The summed E-state index contributed by atoms with van der Waals surface area (Å²) in [5.74, 6) is 0. The highest BCUT2D eigenvalue weighted by Crippen LogP contribution is 2.19. The lowest BCUT2D eigenvalue weighted by Crippen LogP contribution is -2.40. The van der Waals surface area contributed by atoms with E-state index in [2.05, 4.69) is 61.2 Å². The molecule has 0 aliphatic carbocycles. The van der Waals surface area contributed by atoms with Gasteiger partial charge in [-0.3, -0.25) is 4.90 Å². The van der Waals surface area contributed by atoms with Crippen molar-refractivity contribution in [2.24, 2.45) is 0 Å². The number of rotatable bonds is 2. The van der Waals surface area contributed by atoms with E-state index in [1.54, 1.807) is 0 Å². The van der Waals surface area contributed by atoms with Gasteiger partial charge in [-0.05, 0) is 25.8 Å². The zero-order valence-corrected chi connectivity index (χ0v) is 9.56. The van der Waals surface area contributed by atoms with Crippen LogP contribution in [-0.4, -0.2) is 17.0 Å². The summed E-state index contributed by atoms with van der Waals surface area (Å²) in [4.78, 5) is 2.55. The molecule has 0 radical (unpaired) electrons. The number of hydrogen-bond donors (Lipinski definition) is 0. The molecule has 0 saturated carbocycles. The molecule has 0 unspecified atom stereocenters. The zero-order chi connectivity index (χ0) is 10.7. The molecular formula is C14H19N. The Morgan fingerprint density at radius 1 is 1.20 bits per heavy atom. The molecule has 1 heterocycles. The molecule has 0 spiro atoms. The lowest BCUT2D eigenvalue weighted by molar-refractivity contribution is 0.162. The molecule has 80 valence electrons. The highest BCUT2D eigenvalue weighted by molar-refractivity contribution is 5.15. The summed E-state index contributed by atoms with van der Waals surface area (Å²) in [5.41, 5.74) is 1.41. The second-order valence-corrected chi connectivity index (χ2v) is 4.41. The molecule has 1 nitrogen and oxygen atoms in total. The summed E-state index contributed by atoms with van der Waals surface area (Å²) in [7, 11) is 0. The standard InChI is InChI=1S/C14H19N/c1-12-7-6-8-13(2)15(12)11-14-9-4-3-5-10-14/h3-7,9-10,12-13H,8,11H2,1-2H3/t12-,13+/m1/s1. The maximum Gasteiger partial charge on any atom is 0.0256 e. The Balaban J connectivity index is 2.08. The van der Waals surface area contributed by atoms with Gasteiger partial charge in [-0.25, -0.2) is 0 Å².